The number of halogens is 1. The van der Waals surface area contributed by atoms with Crippen LogP contribution in [0.25, 0.3) is 16.6 Å². The van der Waals surface area contributed by atoms with Gasteiger partial charge in [-0.2, -0.15) is 0 Å². The second-order valence-corrected chi connectivity index (χ2v) is 8.01. The maximum atomic E-state index is 12.3. The van der Waals surface area contributed by atoms with Crippen molar-refractivity contribution in [3.63, 3.8) is 0 Å². The van der Waals surface area contributed by atoms with Crippen molar-refractivity contribution in [3.05, 3.63) is 59.4 Å². The highest BCUT2D eigenvalue weighted by atomic mass is 35.5. The molecule has 6 nitrogen and oxygen atoms in total. The molecule has 4 aromatic rings. The number of hydrogen-bond acceptors (Lipinski definition) is 5. The molecular weight excluding hydrogens is 394 g/mol. The van der Waals surface area contributed by atoms with Crippen molar-refractivity contribution in [2.45, 2.75) is 24.9 Å². The van der Waals surface area contributed by atoms with Crippen molar-refractivity contribution in [3.8, 4) is 0 Å². The minimum Gasteiger partial charge on any atom is -0.325 e. The molecule has 8 heteroatoms. The molecule has 0 aliphatic carbocycles. The third-order valence-electron chi connectivity index (χ3n) is 4.22. The quantitative estimate of drug-likeness (QED) is 0.478. The minimum atomic E-state index is -0.121. The molecule has 0 aliphatic heterocycles. The number of amides is 1. The molecule has 142 valence electrons. The van der Waals surface area contributed by atoms with E-state index in [0.29, 0.717) is 15.9 Å². The number of nitrogens with one attached hydrogen (secondary N) is 1. The van der Waals surface area contributed by atoms with Gasteiger partial charge in [-0.05, 0) is 36.4 Å². The van der Waals surface area contributed by atoms with Gasteiger partial charge in [-0.1, -0.05) is 49.3 Å². The third-order valence-corrected chi connectivity index (χ3v) is 5.40. The minimum absolute atomic E-state index is 0.121. The SMILES string of the molecule is CC(C)c1nc2ccccc2c2nnc(SCC(=O)Nc3ccc(Cl)cc3)n12. The van der Waals surface area contributed by atoms with Crippen LogP contribution in [0.3, 0.4) is 0 Å². The van der Waals surface area contributed by atoms with Gasteiger partial charge in [0, 0.05) is 22.0 Å². The number of carbonyl (C=O) groups is 1. The Morgan fingerprint density at radius 1 is 1.14 bits per heavy atom. The first kappa shape index (κ1) is 18.7. The van der Waals surface area contributed by atoms with E-state index in [1.807, 2.05) is 28.7 Å². The fraction of sp³-hybridized carbons (Fsp3) is 0.200. The van der Waals surface area contributed by atoms with Gasteiger partial charge in [-0.25, -0.2) is 4.98 Å². The summed E-state index contributed by atoms with van der Waals surface area (Å²) in [5.41, 5.74) is 2.36. The van der Waals surface area contributed by atoms with Crippen LogP contribution in [0.1, 0.15) is 25.6 Å². The summed E-state index contributed by atoms with van der Waals surface area (Å²) in [5, 5.41) is 13.8. The number of hydrogen-bond donors (Lipinski definition) is 1. The number of carbonyl (C=O) groups excluding carboxylic acids is 1. The summed E-state index contributed by atoms with van der Waals surface area (Å²) in [7, 11) is 0. The van der Waals surface area contributed by atoms with Crippen molar-refractivity contribution in [2.24, 2.45) is 0 Å². The lowest BCUT2D eigenvalue weighted by Gasteiger charge is -2.11. The van der Waals surface area contributed by atoms with Crippen LogP contribution in [-0.4, -0.2) is 31.2 Å². The molecule has 1 N–H and O–H groups in total. The summed E-state index contributed by atoms with van der Waals surface area (Å²) in [4.78, 5) is 17.1. The van der Waals surface area contributed by atoms with E-state index >= 15 is 0 Å². The third kappa shape index (κ3) is 3.68. The lowest BCUT2D eigenvalue weighted by molar-refractivity contribution is -0.113. The maximum Gasteiger partial charge on any atom is 0.234 e. The average molecular weight is 412 g/mol. The zero-order valence-electron chi connectivity index (χ0n) is 15.4. The molecule has 2 heterocycles. The fourth-order valence-corrected chi connectivity index (χ4v) is 3.79. The molecule has 2 aromatic heterocycles. The molecule has 0 unspecified atom stereocenters. The summed E-state index contributed by atoms with van der Waals surface area (Å²) in [5.74, 6) is 1.15. The lowest BCUT2D eigenvalue weighted by Crippen LogP contribution is -2.14. The van der Waals surface area contributed by atoms with Gasteiger partial charge in [0.15, 0.2) is 10.8 Å². The molecule has 0 saturated carbocycles. The first-order valence-electron chi connectivity index (χ1n) is 8.85. The standard InChI is InChI=1S/C20H18ClN5OS/c1-12(2)18-23-16-6-4-3-5-15(16)19-24-25-20(26(18)19)28-11-17(27)22-14-9-7-13(21)8-10-14/h3-10,12H,11H2,1-2H3,(H,22,27). The second kappa shape index (κ2) is 7.77. The molecule has 0 aliphatic rings. The number of fused-ring (bicyclic) bond motifs is 3. The van der Waals surface area contributed by atoms with Crippen LogP contribution in [0.4, 0.5) is 5.69 Å². The molecule has 28 heavy (non-hydrogen) atoms. The number of rotatable bonds is 5. The van der Waals surface area contributed by atoms with Gasteiger partial charge in [-0.3, -0.25) is 9.20 Å². The van der Waals surface area contributed by atoms with Crippen molar-refractivity contribution >= 4 is 51.5 Å². The number of thioether (sulfide) groups is 1. The molecule has 0 bridgehead atoms. The van der Waals surface area contributed by atoms with Crippen molar-refractivity contribution < 1.29 is 4.79 Å². The van der Waals surface area contributed by atoms with Crippen LogP contribution in [0, 0.1) is 0 Å². The normalized spacial score (nSPS) is 11.4. The Labute approximate surface area is 171 Å². The Balaban J connectivity index is 1.61. The van der Waals surface area contributed by atoms with E-state index in [9.17, 15) is 4.79 Å². The van der Waals surface area contributed by atoms with Gasteiger partial charge < -0.3 is 5.32 Å². The Morgan fingerprint density at radius 2 is 1.89 bits per heavy atom. The van der Waals surface area contributed by atoms with E-state index in [2.05, 4.69) is 29.4 Å². The van der Waals surface area contributed by atoms with Gasteiger partial charge in [0.1, 0.15) is 5.82 Å². The molecule has 4 rings (SSSR count). The predicted molar refractivity (Wildman–Crippen MR) is 113 cm³/mol. The van der Waals surface area contributed by atoms with Gasteiger partial charge >= 0.3 is 0 Å². The second-order valence-electron chi connectivity index (χ2n) is 6.63. The summed E-state index contributed by atoms with van der Waals surface area (Å²) < 4.78 is 1.95. The van der Waals surface area contributed by atoms with Crippen LogP contribution in [0.5, 0.6) is 0 Å². The molecule has 0 saturated heterocycles. The lowest BCUT2D eigenvalue weighted by atomic mass is 10.2. The monoisotopic (exact) mass is 411 g/mol. The molecule has 1 amide bonds. The number of aromatic nitrogens is 4. The van der Waals surface area contributed by atoms with Crippen LogP contribution in [-0.2, 0) is 4.79 Å². The van der Waals surface area contributed by atoms with Crippen molar-refractivity contribution in [1.29, 1.82) is 0 Å². The van der Waals surface area contributed by atoms with Gasteiger partial charge in [0.2, 0.25) is 5.91 Å². The molecule has 0 atom stereocenters. The zero-order valence-corrected chi connectivity index (χ0v) is 17.0. The highest BCUT2D eigenvalue weighted by Gasteiger charge is 2.18. The Bertz CT molecular complexity index is 1160. The predicted octanol–water partition coefficient (Wildman–Crippen LogP) is 4.79. The smallest absolute Gasteiger partial charge is 0.234 e. The molecule has 0 radical (unpaired) electrons. The van der Waals surface area contributed by atoms with E-state index in [1.54, 1.807) is 24.3 Å². The topological polar surface area (TPSA) is 72.2 Å². The van der Waals surface area contributed by atoms with Crippen LogP contribution in [0.2, 0.25) is 5.02 Å². The highest BCUT2D eigenvalue weighted by molar-refractivity contribution is 7.99. The van der Waals surface area contributed by atoms with Crippen LogP contribution < -0.4 is 5.32 Å². The first-order chi connectivity index (χ1) is 13.5. The van der Waals surface area contributed by atoms with E-state index in [0.717, 1.165) is 22.4 Å². The molecular formula is C20H18ClN5OS. The van der Waals surface area contributed by atoms with Crippen molar-refractivity contribution in [1.82, 2.24) is 19.6 Å². The highest BCUT2D eigenvalue weighted by Crippen LogP contribution is 2.27. The van der Waals surface area contributed by atoms with Gasteiger partial charge in [-0.15, -0.1) is 10.2 Å². The van der Waals surface area contributed by atoms with Gasteiger partial charge in [0.25, 0.3) is 0 Å². The van der Waals surface area contributed by atoms with E-state index in [1.165, 1.54) is 11.8 Å². The number of anilines is 1. The van der Waals surface area contributed by atoms with Crippen molar-refractivity contribution in [2.75, 3.05) is 11.1 Å². The van der Waals surface area contributed by atoms with Crippen LogP contribution in [0.15, 0.2) is 53.7 Å². The summed E-state index contributed by atoms with van der Waals surface area (Å²) in [6.45, 7) is 4.16. The number of benzene rings is 2. The molecule has 0 spiro atoms. The Hall–Kier alpha value is -2.64. The largest absolute Gasteiger partial charge is 0.325 e. The maximum absolute atomic E-state index is 12.3. The van der Waals surface area contributed by atoms with E-state index < -0.39 is 0 Å². The average Bonchev–Trinajstić information content (AvgIpc) is 3.12. The summed E-state index contributed by atoms with van der Waals surface area (Å²) in [6, 6.07) is 14.9. The van der Waals surface area contributed by atoms with Gasteiger partial charge in [0.05, 0.1) is 11.3 Å². The number of para-hydroxylation sites is 1. The fourth-order valence-electron chi connectivity index (χ4n) is 2.93. The molecule has 2 aromatic carbocycles. The first-order valence-corrected chi connectivity index (χ1v) is 10.2. The number of nitrogens with zero attached hydrogens (tertiary/aromatic N) is 4. The van der Waals surface area contributed by atoms with E-state index in [4.69, 9.17) is 16.6 Å². The summed E-state index contributed by atoms with van der Waals surface area (Å²) in [6.07, 6.45) is 0. The Morgan fingerprint density at radius 3 is 2.64 bits per heavy atom. The molecule has 0 fully saturated rings. The van der Waals surface area contributed by atoms with E-state index in [-0.39, 0.29) is 17.6 Å². The Kier molecular flexibility index (Phi) is 5.19. The zero-order chi connectivity index (χ0) is 19.7. The summed E-state index contributed by atoms with van der Waals surface area (Å²) >= 11 is 7.21. The van der Waals surface area contributed by atoms with Crippen LogP contribution >= 0.6 is 23.4 Å².